The van der Waals surface area contributed by atoms with E-state index in [4.69, 9.17) is 9.47 Å². The summed E-state index contributed by atoms with van der Waals surface area (Å²) in [5.74, 6) is -1.57. The average molecular weight is 426 g/mol. The van der Waals surface area contributed by atoms with Crippen molar-refractivity contribution >= 4 is 17.5 Å². The third-order valence-electron chi connectivity index (χ3n) is 5.06. The van der Waals surface area contributed by atoms with Gasteiger partial charge in [-0.2, -0.15) is 0 Å². The number of aromatic nitrogens is 1. The lowest BCUT2D eigenvalue weighted by atomic mass is 9.88. The number of nitrogens with one attached hydrogen (secondary N) is 1. The third kappa shape index (κ3) is 5.61. The molecule has 1 aliphatic rings. The topological polar surface area (TPSA) is 118 Å². The van der Waals surface area contributed by atoms with Crippen LogP contribution in [0.15, 0.2) is 48.7 Å². The average Bonchev–Trinajstić information content (AvgIpc) is 2.77. The Bertz CT molecular complexity index is 953. The molecule has 3 N–H and O–H groups in total. The van der Waals surface area contributed by atoms with E-state index >= 15 is 0 Å². The second kappa shape index (κ2) is 10.6. The molecule has 2 atom stereocenters. The maximum absolute atomic E-state index is 11.9. The van der Waals surface area contributed by atoms with Gasteiger partial charge in [-0.25, -0.2) is 9.59 Å². The zero-order valence-corrected chi connectivity index (χ0v) is 17.3. The molecule has 3 rings (SSSR count). The van der Waals surface area contributed by atoms with Gasteiger partial charge in [-0.1, -0.05) is 18.2 Å². The minimum atomic E-state index is -1.34. The summed E-state index contributed by atoms with van der Waals surface area (Å²) in [5.41, 5.74) is 0.269. The number of pyridine rings is 1. The molecule has 31 heavy (non-hydrogen) atoms. The number of hydrogen-bond donors (Lipinski definition) is 3. The van der Waals surface area contributed by atoms with E-state index in [0.717, 1.165) is 19.4 Å². The summed E-state index contributed by atoms with van der Waals surface area (Å²) in [6.45, 7) is 3.91. The smallest absolute Gasteiger partial charge is 0.336 e. The van der Waals surface area contributed by atoms with Crippen LogP contribution in [0.4, 0.5) is 0 Å². The SMILES string of the molecule is CCOc1ccccc1OC(c1ncccc1/C(=C\C(=O)O)C(=O)O)C1CCCNC1. The summed E-state index contributed by atoms with van der Waals surface area (Å²) in [7, 11) is 0. The van der Waals surface area contributed by atoms with Gasteiger partial charge in [0, 0.05) is 30.3 Å². The molecular formula is C23H26N2O6. The largest absolute Gasteiger partial charge is 0.490 e. The molecule has 0 radical (unpaired) electrons. The first-order valence-corrected chi connectivity index (χ1v) is 10.2. The predicted octanol–water partition coefficient (Wildman–Crippen LogP) is 3.15. The molecular weight excluding hydrogens is 400 g/mol. The number of carboxylic acids is 2. The Morgan fingerprint density at radius 1 is 1.23 bits per heavy atom. The third-order valence-corrected chi connectivity index (χ3v) is 5.06. The van der Waals surface area contributed by atoms with Crippen LogP contribution in [0.1, 0.15) is 37.1 Å². The molecule has 8 heteroatoms. The van der Waals surface area contributed by atoms with Crippen molar-refractivity contribution in [3.8, 4) is 11.5 Å². The van der Waals surface area contributed by atoms with Crippen LogP contribution >= 0.6 is 0 Å². The van der Waals surface area contributed by atoms with E-state index in [2.05, 4.69) is 10.3 Å². The molecule has 2 heterocycles. The highest BCUT2D eigenvalue weighted by atomic mass is 16.5. The molecule has 0 bridgehead atoms. The molecule has 0 spiro atoms. The maximum Gasteiger partial charge on any atom is 0.336 e. The number of piperidine rings is 1. The number of rotatable bonds is 9. The van der Waals surface area contributed by atoms with E-state index in [1.165, 1.54) is 0 Å². The Morgan fingerprint density at radius 2 is 2.00 bits per heavy atom. The number of para-hydroxylation sites is 2. The number of carboxylic acid groups (broad SMARTS) is 2. The first-order chi connectivity index (χ1) is 15.0. The van der Waals surface area contributed by atoms with Gasteiger partial charge in [0.15, 0.2) is 11.5 Å². The van der Waals surface area contributed by atoms with Gasteiger partial charge in [0.2, 0.25) is 0 Å². The lowest BCUT2D eigenvalue weighted by Crippen LogP contribution is -2.36. The van der Waals surface area contributed by atoms with Crippen LogP contribution in [-0.2, 0) is 9.59 Å². The fourth-order valence-electron chi connectivity index (χ4n) is 3.72. The van der Waals surface area contributed by atoms with Gasteiger partial charge in [-0.3, -0.25) is 4.98 Å². The standard InChI is InChI=1S/C23H26N2O6/c1-2-30-18-9-3-4-10-19(18)31-22(15-7-5-11-24-14-15)21-16(8-6-12-25-21)17(23(28)29)13-20(26)27/h3-4,6,8-10,12-13,15,22,24H,2,5,7,11,14H2,1H3,(H,26,27)(H,28,29)/b17-13+. The molecule has 0 aliphatic carbocycles. The fourth-order valence-corrected chi connectivity index (χ4v) is 3.72. The maximum atomic E-state index is 11.9. The van der Waals surface area contributed by atoms with Gasteiger partial charge in [-0.15, -0.1) is 0 Å². The quantitative estimate of drug-likeness (QED) is 0.524. The zero-order valence-electron chi connectivity index (χ0n) is 17.3. The van der Waals surface area contributed by atoms with Crippen LogP contribution in [-0.4, -0.2) is 46.8 Å². The lowest BCUT2D eigenvalue weighted by Gasteiger charge is -2.32. The number of hydrogen-bond acceptors (Lipinski definition) is 6. The van der Waals surface area contributed by atoms with E-state index in [-0.39, 0.29) is 17.1 Å². The number of ether oxygens (including phenoxy) is 2. The molecule has 1 aliphatic heterocycles. The summed E-state index contributed by atoms with van der Waals surface area (Å²) >= 11 is 0. The molecule has 164 valence electrons. The fraction of sp³-hybridized carbons (Fsp3) is 0.348. The van der Waals surface area contributed by atoms with Crippen molar-refractivity contribution in [2.75, 3.05) is 19.7 Å². The van der Waals surface area contributed by atoms with Crippen molar-refractivity contribution in [3.05, 3.63) is 59.9 Å². The summed E-state index contributed by atoms with van der Waals surface area (Å²) in [4.78, 5) is 27.6. The van der Waals surface area contributed by atoms with Gasteiger partial charge in [0.05, 0.1) is 17.9 Å². The number of aliphatic carboxylic acids is 2. The normalized spacial score (nSPS) is 17.6. The second-order valence-corrected chi connectivity index (χ2v) is 7.16. The van der Waals surface area contributed by atoms with Gasteiger partial charge in [0.25, 0.3) is 0 Å². The van der Waals surface area contributed by atoms with Crippen molar-refractivity contribution in [2.45, 2.75) is 25.9 Å². The Kier molecular flexibility index (Phi) is 7.61. The van der Waals surface area contributed by atoms with Crippen LogP contribution in [0, 0.1) is 5.92 Å². The summed E-state index contributed by atoms with van der Waals surface area (Å²) in [5, 5.41) is 22.2. The van der Waals surface area contributed by atoms with Gasteiger partial charge < -0.3 is 25.0 Å². The summed E-state index contributed by atoms with van der Waals surface area (Å²) in [6, 6.07) is 10.4. The molecule has 0 amide bonds. The van der Waals surface area contributed by atoms with Crippen LogP contribution in [0.2, 0.25) is 0 Å². The molecule has 1 saturated heterocycles. The summed E-state index contributed by atoms with van der Waals surface area (Å²) < 4.78 is 12.1. The lowest BCUT2D eigenvalue weighted by molar-refractivity contribution is -0.133. The molecule has 8 nitrogen and oxygen atoms in total. The molecule has 0 saturated carbocycles. The van der Waals surface area contributed by atoms with Crippen LogP contribution < -0.4 is 14.8 Å². The van der Waals surface area contributed by atoms with Crippen molar-refractivity contribution in [1.29, 1.82) is 0 Å². The monoisotopic (exact) mass is 426 g/mol. The number of carbonyl (C=O) groups is 2. The van der Waals surface area contributed by atoms with Crippen LogP contribution in [0.25, 0.3) is 5.57 Å². The number of benzene rings is 1. The van der Waals surface area contributed by atoms with E-state index in [1.807, 2.05) is 19.1 Å². The van der Waals surface area contributed by atoms with Crippen molar-refractivity contribution < 1.29 is 29.3 Å². The van der Waals surface area contributed by atoms with Gasteiger partial charge >= 0.3 is 11.9 Å². The molecule has 2 aromatic rings. The highest BCUT2D eigenvalue weighted by molar-refractivity contribution is 6.19. The first kappa shape index (κ1) is 22.3. The summed E-state index contributed by atoms with van der Waals surface area (Å²) in [6.07, 6.45) is 3.45. The predicted molar refractivity (Wildman–Crippen MR) is 114 cm³/mol. The van der Waals surface area contributed by atoms with Gasteiger partial charge in [-0.05, 0) is 44.5 Å². The molecule has 1 aromatic carbocycles. The second-order valence-electron chi connectivity index (χ2n) is 7.16. The Hall–Kier alpha value is -3.39. The van der Waals surface area contributed by atoms with Gasteiger partial charge in [0.1, 0.15) is 6.10 Å². The minimum absolute atomic E-state index is 0.0111. The van der Waals surface area contributed by atoms with E-state index in [1.54, 1.807) is 30.5 Å². The van der Waals surface area contributed by atoms with Crippen molar-refractivity contribution in [3.63, 3.8) is 0 Å². The number of nitrogens with zero attached hydrogens (tertiary/aromatic N) is 1. The minimum Gasteiger partial charge on any atom is -0.490 e. The zero-order chi connectivity index (χ0) is 22.2. The molecule has 1 fully saturated rings. The first-order valence-electron chi connectivity index (χ1n) is 10.2. The highest BCUT2D eigenvalue weighted by Crippen LogP contribution is 2.38. The molecule has 1 aromatic heterocycles. The Balaban J connectivity index is 2.09. The van der Waals surface area contributed by atoms with Crippen molar-refractivity contribution in [2.24, 2.45) is 5.92 Å². The van der Waals surface area contributed by atoms with E-state index in [9.17, 15) is 19.8 Å². The Morgan fingerprint density at radius 3 is 2.65 bits per heavy atom. The van der Waals surface area contributed by atoms with E-state index in [0.29, 0.717) is 36.4 Å². The molecule has 2 unspecified atom stereocenters. The van der Waals surface area contributed by atoms with Crippen LogP contribution in [0.3, 0.4) is 0 Å². The van der Waals surface area contributed by atoms with Crippen molar-refractivity contribution in [1.82, 2.24) is 10.3 Å². The Labute approximate surface area is 180 Å². The van der Waals surface area contributed by atoms with Crippen LogP contribution in [0.5, 0.6) is 11.5 Å². The highest BCUT2D eigenvalue weighted by Gasteiger charge is 2.32. The van der Waals surface area contributed by atoms with E-state index < -0.39 is 18.0 Å².